The average Bonchev–Trinajstić information content (AvgIpc) is 2.12. The van der Waals surface area contributed by atoms with E-state index < -0.39 is 0 Å². The van der Waals surface area contributed by atoms with Crippen molar-refractivity contribution in [2.45, 2.75) is 0 Å². The van der Waals surface area contributed by atoms with Gasteiger partial charge in [-0.25, -0.2) is 6.07 Å². The number of nitrogens with one attached hydrogen (secondary N) is 1. The molecule has 0 amide bonds. The molecule has 0 spiro atoms. The van der Waals surface area contributed by atoms with Crippen molar-refractivity contribution in [3.05, 3.63) is 53.8 Å². The van der Waals surface area contributed by atoms with E-state index in [0.717, 1.165) is 5.56 Å². The van der Waals surface area contributed by atoms with Gasteiger partial charge in [0, 0.05) is 32.7 Å². The van der Waals surface area contributed by atoms with E-state index in [1.807, 2.05) is 0 Å². The molecule has 14 heavy (non-hydrogen) atoms. The fourth-order valence-corrected chi connectivity index (χ4v) is 1.27. The van der Waals surface area contributed by atoms with Crippen molar-refractivity contribution in [3.8, 4) is 0 Å². The van der Waals surface area contributed by atoms with Gasteiger partial charge in [-0.05, 0) is 5.52 Å². The number of hydrogen-bond donors (Lipinski definition) is 1. The van der Waals surface area contributed by atoms with Crippen LogP contribution in [0.3, 0.4) is 0 Å². The first-order valence-electron chi connectivity index (χ1n) is 3.84. The molecule has 0 aliphatic rings. The Morgan fingerprint density at radius 3 is 2.71 bits per heavy atom. The van der Waals surface area contributed by atoms with Crippen molar-refractivity contribution < 1.29 is 32.7 Å². The van der Waals surface area contributed by atoms with Crippen LogP contribution in [0.2, 0.25) is 0 Å². The predicted octanol–water partition coefficient (Wildman–Crippen LogP) is 1.28. The topological polar surface area (TPSA) is 45.8 Å². The fraction of sp³-hybridized carbons (Fsp3) is 0. The summed E-state index contributed by atoms with van der Waals surface area (Å²) in [6, 6.07) is 3.57. The normalized spacial score (nSPS) is 9.71. The van der Waals surface area contributed by atoms with Crippen molar-refractivity contribution in [1.29, 1.82) is 0 Å². The fourth-order valence-electron chi connectivity index (χ4n) is 1.27. The predicted molar refractivity (Wildman–Crippen MR) is 51.3 cm³/mol. The Morgan fingerprint density at radius 2 is 2.00 bits per heavy atom. The maximum atomic E-state index is 11.4. The molecule has 0 fully saturated rings. The zero-order chi connectivity index (χ0) is 9.42. The first kappa shape index (κ1) is 11.3. The third kappa shape index (κ3) is 1.70. The number of rotatable bonds is 0. The molecule has 0 bridgehead atoms. The van der Waals surface area contributed by atoms with Crippen LogP contribution in [0.25, 0.3) is 10.9 Å². The van der Waals surface area contributed by atoms with Crippen LogP contribution >= 0.6 is 0 Å². The zero-order valence-corrected chi connectivity index (χ0v) is 10.4. The molecular weight excluding hydrogens is 253 g/mol. The van der Waals surface area contributed by atoms with Crippen LogP contribution in [0, 0.1) is 13.8 Å². The van der Waals surface area contributed by atoms with E-state index in [1.54, 1.807) is 12.1 Å². The Kier molecular flexibility index (Phi) is 3.35. The molecular formula is C10H8N2OY-2. The van der Waals surface area contributed by atoms with E-state index in [2.05, 4.69) is 23.8 Å². The average molecular weight is 261 g/mol. The number of fused-ring (bicyclic) bond motifs is 1. The van der Waals surface area contributed by atoms with Crippen LogP contribution in [-0.2, 0) is 32.7 Å². The largest absolute Gasteiger partial charge is 0.324 e. The van der Waals surface area contributed by atoms with E-state index in [1.165, 1.54) is 6.33 Å². The third-order valence-corrected chi connectivity index (χ3v) is 2.01. The van der Waals surface area contributed by atoms with Gasteiger partial charge in [0.15, 0.2) is 5.56 Å². The van der Waals surface area contributed by atoms with Crippen molar-refractivity contribution in [2.24, 2.45) is 0 Å². The molecule has 3 nitrogen and oxygen atoms in total. The quantitative estimate of drug-likeness (QED) is 0.726. The van der Waals surface area contributed by atoms with Gasteiger partial charge < -0.3 is 4.98 Å². The Hall–Kier alpha value is -0.796. The molecule has 1 radical (unpaired) electrons. The first-order valence-corrected chi connectivity index (χ1v) is 3.84. The number of aromatic nitrogens is 2. The third-order valence-electron chi connectivity index (χ3n) is 2.01. The van der Waals surface area contributed by atoms with Gasteiger partial charge in [0.05, 0.1) is 6.33 Å². The SMILES string of the molecule is [CH2-]c1ccc2nc[nH]c(=O)c2c1[CH2-].[Y]. The number of hydrogen-bond acceptors (Lipinski definition) is 2. The molecule has 1 aromatic carbocycles. The van der Waals surface area contributed by atoms with Crippen LogP contribution < -0.4 is 5.56 Å². The summed E-state index contributed by atoms with van der Waals surface area (Å²) in [5, 5.41) is 0.523. The molecule has 1 N–H and O–H groups in total. The summed E-state index contributed by atoms with van der Waals surface area (Å²) in [4.78, 5) is 17.9. The summed E-state index contributed by atoms with van der Waals surface area (Å²) in [6.45, 7) is 7.55. The van der Waals surface area contributed by atoms with Gasteiger partial charge >= 0.3 is 0 Å². The van der Waals surface area contributed by atoms with Gasteiger partial charge in [-0.3, -0.25) is 34.8 Å². The summed E-state index contributed by atoms with van der Waals surface area (Å²) in [6.07, 6.45) is 1.38. The molecule has 0 unspecified atom stereocenters. The summed E-state index contributed by atoms with van der Waals surface area (Å²) in [5.74, 6) is 0. The number of nitrogens with zero attached hydrogens (tertiary/aromatic N) is 1. The minimum absolute atomic E-state index is 0. The van der Waals surface area contributed by atoms with Crippen molar-refractivity contribution in [2.75, 3.05) is 0 Å². The van der Waals surface area contributed by atoms with Crippen LogP contribution in [0.15, 0.2) is 23.3 Å². The molecule has 0 saturated heterocycles. The monoisotopic (exact) mass is 261 g/mol. The standard InChI is InChI=1S/C10H8N2O.Y/c1-6-3-4-8-9(7(6)2)10(13)12-5-11-8;/h3-5H,1-2H2,(H,11,12,13);/q-2;. The molecule has 4 heteroatoms. The van der Waals surface area contributed by atoms with E-state index >= 15 is 0 Å². The summed E-state index contributed by atoms with van der Waals surface area (Å²) in [7, 11) is 0. The second kappa shape index (κ2) is 4.15. The van der Waals surface area contributed by atoms with Gasteiger partial charge in [-0.2, -0.15) is 0 Å². The molecule has 1 heterocycles. The van der Waals surface area contributed by atoms with Gasteiger partial charge in [-0.15, -0.1) is 6.07 Å². The molecule has 0 saturated carbocycles. The number of aromatic amines is 1. The van der Waals surface area contributed by atoms with Crippen LogP contribution in [0.1, 0.15) is 11.1 Å². The van der Waals surface area contributed by atoms with Crippen LogP contribution in [-0.4, -0.2) is 9.97 Å². The molecule has 0 aliphatic heterocycles. The molecule has 69 valence electrons. The minimum atomic E-state index is -0.166. The zero-order valence-electron chi connectivity index (χ0n) is 7.58. The molecule has 0 atom stereocenters. The maximum absolute atomic E-state index is 11.4. The summed E-state index contributed by atoms with van der Waals surface area (Å²) < 4.78 is 0. The second-order valence-corrected chi connectivity index (χ2v) is 2.83. The molecule has 1 aromatic heterocycles. The smallest absolute Gasteiger partial charge is 0.191 e. The van der Waals surface area contributed by atoms with E-state index in [4.69, 9.17) is 0 Å². The summed E-state index contributed by atoms with van der Waals surface area (Å²) in [5.41, 5.74) is 1.89. The molecule has 2 rings (SSSR count). The summed E-state index contributed by atoms with van der Waals surface area (Å²) >= 11 is 0. The van der Waals surface area contributed by atoms with Crippen molar-refractivity contribution in [3.63, 3.8) is 0 Å². The first-order chi connectivity index (χ1) is 6.20. The van der Waals surface area contributed by atoms with Gasteiger partial charge in [0.2, 0.25) is 0 Å². The Labute approximate surface area is 107 Å². The Morgan fingerprint density at radius 1 is 1.29 bits per heavy atom. The second-order valence-electron chi connectivity index (χ2n) is 2.83. The van der Waals surface area contributed by atoms with E-state index in [9.17, 15) is 4.79 Å². The van der Waals surface area contributed by atoms with Crippen LogP contribution in [0.4, 0.5) is 0 Å². The number of H-pyrrole nitrogens is 1. The minimum Gasteiger partial charge on any atom is -0.324 e. The Balaban J connectivity index is 0.000000980. The maximum Gasteiger partial charge on any atom is 0.191 e. The van der Waals surface area contributed by atoms with Gasteiger partial charge in [0.1, 0.15) is 0 Å². The van der Waals surface area contributed by atoms with Crippen molar-refractivity contribution >= 4 is 10.9 Å². The van der Waals surface area contributed by atoms with E-state index in [0.29, 0.717) is 16.5 Å². The van der Waals surface area contributed by atoms with Crippen LogP contribution in [0.5, 0.6) is 0 Å². The van der Waals surface area contributed by atoms with E-state index in [-0.39, 0.29) is 38.3 Å². The van der Waals surface area contributed by atoms with Gasteiger partial charge in [-0.1, -0.05) is 5.39 Å². The Bertz CT molecular complexity index is 519. The number of benzene rings is 1. The molecule has 2 aromatic rings. The molecule has 0 aliphatic carbocycles. The van der Waals surface area contributed by atoms with Gasteiger partial charge in [0.25, 0.3) is 0 Å². The van der Waals surface area contributed by atoms with Crippen molar-refractivity contribution in [1.82, 2.24) is 9.97 Å².